The molecule has 0 radical (unpaired) electrons. The van der Waals surface area contributed by atoms with Crippen LogP contribution < -0.4 is 15.4 Å². The van der Waals surface area contributed by atoms with Gasteiger partial charge in [0.25, 0.3) is 5.91 Å². The third-order valence-electron chi connectivity index (χ3n) is 11.6. The van der Waals surface area contributed by atoms with Crippen molar-refractivity contribution in [2.75, 3.05) is 18.9 Å². The van der Waals surface area contributed by atoms with Crippen LogP contribution in [0.4, 0.5) is 9.59 Å². The molecule has 0 spiro atoms. The standard InChI is InChI=1S/C41H57N5O9S/c1-39(2,3)33-35(48)46-24-30(22-32(46)34(47)43-41-20-18-29(41)17-9-7-6-8-12-21-56(52,53)44-36(41)49)55-38(51)45-23-28-16-13-15-27(31(28)25-45)14-10-11-19-40(4,5)26-54-37(50)42-33/h9,13,15-18,20,29-30,32-33H,6-8,10-12,14,19,21-26H2,1-5H3,(H,42,50)(H,43,47)(H,44,49)/b17-9-/t29-,30-,32+,33-,41-/m1/s1. The van der Waals surface area contributed by atoms with E-state index >= 15 is 0 Å². The Bertz CT molecular complexity index is 1890. The molecule has 1 aromatic rings. The second-order valence-electron chi connectivity index (χ2n) is 17.8. The topological polar surface area (TPSA) is 181 Å². The zero-order valence-electron chi connectivity index (χ0n) is 33.2. The molecule has 5 amide bonds. The number of benzene rings is 1. The normalized spacial score (nSPS) is 30.5. The molecule has 4 bridgehead atoms. The highest BCUT2D eigenvalue weighted by Gasteiger charge is 2.53. The average Bonchev–Trinajstić information content (AvgIpc) is 3.75. The number of ether oxygens (including phenoxy) is 2. The summed E-state index contributed by atoms with van der Waals surface area (Å²) in [6.07, 6.45) is 10.5. The molecule has 1 aliphatic carbocycles. The zero-order chi connectivity index (χ0) is 40.5. The van der Waals surface area contributed by atoms with E-state index in [2.05, 4.69) is 21.4 Å². The minimum Gasteiger partial charge on any atom is -0.449 e. The molecule has 5 atom stereocenters. The third kappa shape index (κ3) is 9.24. The molecule has 3 N–H and O–H groups in total. The van der Waals surface area contributed by atoms with Crippen LogP contribution in [0.3, 0.4) is 0 Å². The maximum atomic E-state index is 14.6. The highest BCUT2D eigenvalue weighted by molar-refractivity contribution is 7.90. The van der Waals surface area contributed by atoms with Gasteiger partial charge in [-0.1, -0.05) is 90.0 Å². The Kier molecular flexibility index (Phi) is 11.9. The number of rotatable bonds is 2. The van der Waals surface area contributed by atoms with Crippen molar-refractivity contribution >= 4 is 39.9 Å². The van der Waals surface area contributed by atoms with Gasteiger partial charge in [-0.15, -0.1) is 0 Å². The number of nitrogens with one attached hydrogen (secondary N) is 3. The van der Waals surface area contributed by atoms with Crippen molar-refractivity contribution in [2.24, 2.45) is 16.7 Å². The number of fused-ring (bicyclic) bond motifs is 4. The van der Waals surface area contributed by atoms with E-state index in [1.807, 2.05) is 32.1 Å². The first kappa shape index (κ1) is 41.2. The molecule has 4 heterocycles. The number of hydrogen-bond donors (Lipinski definition) is 3. The summed E-state index contributed by atoms with van der Waals surface area (Å²) in [4.78, 5) is 72.9. The minimum absolute atomic E-state index is 0.0922. The van der Waals surface area contributed by atoms with Gasteiger partial charge >= 0.3 is 12.2 Å². The fourth-order valence-corrected chi connectivity index (χ4v) is 9.37. The Balaban J connectivity index is 1.31. The highest BCUT2D eigenvalue weighted by Crippen LogP contribution is 2.36. The molecular weight excluding hydrogens is 739 g/mol. The van der Waals surface area contributed by atoms with Crippen LogP contribution >= 0.6 is 0 Å². The maximum Gasteiger partial charge on any atom is 0.410 e. The van der Waals surface area contributed by atoms with Crippen molar-refractivity contribution in [2.45, 2.75) is 129 Å². The van der Waals surface area contributed by atoms with Crippen LogP contribution in [0.2, 0.25) is 0 Å². The first-order valence-corrected chi connectivity index (χ1v) is 21.5. The molecule has 14 nitrogen and oxygen atoms in total. The Morgan fingerprint density at radius 3 is 2.48 bits per heavy atom. The van der Waals surface area contributed by atoms with Gasteiger partial charge in [-0.25, -0.2) is 18.0 Å². The molecule has 5 aliphatic rings. The number of aryl methyl sites for hydroxylation is 1. The molecule has 0 saturated carbocycles. The lowest BCUT2D eigenvalue weighted by atomic mass is 9.73. The van der Waals surface area contributed by atoms with E-state index in [-0.39, 0.29) is 30.7 Å². The highest BCUT2D eigenvalue weighted by atomic mass is 32.2. The number of nitrogens with zero attached hydrogens (tertiary/aromatic N) is 2. The van der Waals surface area contributed by atoms with Crippen LogP contribution in [-0.4, -0.2) is 90.8 Å². The summed E-state index contributed by atoms with van der Waals surface area (Å²) in [7, 11) is -3.99. The number of allylic oxidation sites excluding steroid dienone is 1. The van der Waals surface area contributed by atoms with Crippen molar-refractivity contribution in [3.8, 4) is 0 Å². The number of carbonyl (C=O) groups is 5. The minimum atomic E-state index is -3.99. The quantitative estimate of drug-likeness (QED) is 0.360. The molecule has 15 heteroatoms. The summed E-state index contributed by atoms with van der Waals surface area (Å²) in [5, 5.41) is 5.57. The molecule has 1 saturated heterocycles. The second kappa shape index (κ2) is 16.2. The number of alkyl carbamates (subject to hydrolysis) is 1. The van der Waals surface area contributed by atoms with Crippen LogP contribution in [0.15, 0.2) is 42.5 Å². The van der Waals surface area contributed by atoms with Crippen LogP contribution in [0.1, 0.15) is 103 Å². The number of amides is 5. The zero-order valence-corrected chi connectivity index (χ0v) is 34.0. The first-order valence-electron chi connectivity index (χ1n) is 19.9. The van der Waals surface area contributed by atoms with Crippen LogP contribution in [0, 0.1) is 16.7 Å². The van der Waals surface area contributed by atoms with Gasteiger partial charge in [0.2, 0.25) is 21.8 Å². The van der Waals surface area contributed by atoms with Crippen molar-refractivity contribution in [1.82, 2.24) is 25.2 Å². The molecule has 56 heavy (non-hydrogen) atoms. The van der Waals surface area contributed by atoms with Crippen molar-refractivity contribution in [3.05, 3.63) is 59.2 Å². The fraction of sp³-hybridized carbons (Fsp3) is 0.634. The van der Waals surface area contributed by atoms with Gasteiger partial charge in [-0.05, 0) is 66.0 Å². The second-order valence-corrected chi connectivity index (χ2v) is 19.7. The Morgan fingerprint density at radius 1 is 0.982 bits per heavy atom. The lowest BCUT2D eigenvalue weighted by Gasteiger charge is -2.42. The third-order valence-corrected chi connectivity index (χ3v) is 13.0. The summed E-state index contributed by atoms with van der Waals surface area (Å²) in [6.45, 7) is 10.1. The molecular formula is C41H57N5O9S. The predicted molar refractivity (Wildman–Crippen MR) is 208 cm³/mol. The Labute approximate surface area is 330 Å². The molecule has 1 fully saturated rings. The monoisotopic (exact) mass is 795 g/mol. The van der Waals surface area contributed by atoms with Gasteiger partial charge < -0.3 is 25.0 Å². The van der Waals surface area contributed by atoms with Crippen LogP contribution in [-0.2, 0) is 53.4 Å². The average molecular weight is 796 g/mol. The fourth-order valence-electron chi connectivity index (χ4n) is 8.24. The summed E-state index contributed by atoms with van der Waals surface area (Å²) in [5.74, 6) is -3.11. The molecule has 0 aromatic heterocycles. The van der Waals surface area contributed by atoms with Gasteiger partial charge in [0, 0.05) is 25.4 Å². The number of hydrogen-bond acceptors (Lipinski definition) is 9. The van der Waals surface area contributed by atoms with Gasteiger partial charge in [-0.2, -0.15) is 0 Å². The van der Waals surface area contributed by atoms with Gasteiger partial charge in [-0.3, -0.25) is 24.0 Å². The predicted octanol–water partition coefficient (Wildman–Crippen LogP) is 4.62. The molecule has 306 valence electrons. The summed E-state index contributed by atoms with van der Waals surface area (Å²) >= 11 is 0. The largest absolute Gasteiger partial charge is 0.449 e. The lowest BCUT2D eigenvalue weighted by Crippen LogP contribution is -2.67. The summed E-state index contributed by atoms with van der Waals surface area (Å²) in [6, 6.07) is 3.71. The molecule has 0 unspecified atom stereocenters. The smallest absolute Gasteiger partial charge is 0.410 e. The molecule has 4 aliphatic heterocycles. The van der Waals surface area contributed by atoms with Crippen molar-refractivity contribution in [3.63, 3.8) is 0 Å². The van der Waals surface area contributed by atoms with Gasteiger partial charge in [0.1, 0.15) is 23.7 Å². The van der Waals surface area contributed by atoms with E-state index in [0.717, 1.165) is 43.2 Å². The number of cyclic esters (lactones) is 1. The number of sulfonamides is 1. The van der Waals surface area contributed by atoms with E-state index in [1.165, 1.54) is 16.5 Å². The maximum absolute atomic E-state index is 14.6. The van der Waals surface area contributed by atoms with E-state index in [9.17, 15) is 32.4 Å². The summed E-state index contributed by atoms with van der Waals surface area (Å²) < 4.78 is 39.7. The van der Waals surface area contributed by atoms with E-state index in [1.54, 1.807) is 37.8 Å². The Hall–Kier alpha value is -4.40. The number of carbonyl (C=O) groups excluding carboxylic acids is 5. The summed E-state index contributed by atoms with van der Waals surface area (Å²) in [5.41, 5.74) is 0.399. The first-order chi connectivity index (χ1) is 26.4. The van der Waals surface area contributed by atoms with E-state index < -0.39 is 75.0 Å². The van der Waals surface area contributed by atoms with Crippen LogP contribution in [0.25, 0.3) is 0 Å². The van der Waals surface area contributed by atoms with E-state index in [4.69, 9.17) is 9.47 Å². The van der Waals surface area contributed by atoms with E-state index in [0.29, 0.717) is 32.4 Å². The lowest BCUT2D eigenvalue weighted by molar-refractivity contribution is -0.143. The molecule has 6 rings (SSSR count). The van der Waals surface area contributed by atoms with Crippen molar-refractivity contribution < 1.29 is 41.9 Å². The van der Waals surface area contributed by atoms with Gasteiger partial charge in [0.05, 0.1) is 18.9 Å². The molecule has 1 aromatic carbocycles. The van der Waals surface area contributed by atoms with Crippen molar-refractivity contribution in [1.29, 1.82) is 0 Å². The van der Waals surface area contributed by atoms with Crippen LogP contribution in [0.5, 0.6) is 0 Å². The van der Waals surface area contributed by atoms with Gasteiger partial charge in [0.15, 0.2) is 0 Å². The SMILES string of the molecule is CC1(C)CCCCc2cccc3c2CN(C3)C(=O)O[C@@H]2C[C@@H](C(=O)N[C@]34C=C[C@H]3/C=C\CCCCCS(=O)(=O)NC4=O)N(C2)C(=O)[C@H](C(C)(C)C)NC(=O)OC1. The Morgan fingerprint density at radius 2 is 1.75 bits per heavy atom.